The van der Waals surface area contributed by atoms with E-state index in [-0.39, 0.29) is 18.0 Å². The molecule has 2 N–H and O–H groups in total. The van der Waals surface area contributed by atoms with E-state index in [1.165, 1.54) is 6.07 Å². The zero-order valence-corrected chi connectivity index (χ0v) is 15.9. The first-order valence-electron chi connectivity index (χ1n) is 8.46. The van der Waals surface area contributed by atoms with Gasteiger partial charge in [0, 0.05) is 33.8 Å². The number of rotatable bonds is 4. The van der Waals surface area contributed by atoms with Crippen molar-refractivity contribution in [3.8, 4) is 0 Å². The fourth-order valence-electron chi connectivity index (χ4n) is 3.46. The Hall–Kier alpha value is -2.63. The number of hydrogen-bond donors (Lipinski definition) is 2. The molecule has 1 aliphatic rings. The van der Waals surface area contributed by atoms with Gasteiger partial charge in [-0.1, -0.05) is 41.4 Å². The Morgan fingerprint density at radius 3 is 2.50 bits per heavy atom. The van der Waals surface area contributed by atoms with Crippen LogP contribution in [0.15, 0.2) is 60.7 Å². The predicted molar refractivity (Wildman–Crippen MR) is 107 cm³/mol. The van der Waals surface area contributed by atoms with Crippen molar-refractivity contribution in [2.45, 2.75) is 12.0 Å². The molecule has 28 heavy (non-hydrogen) atoms. The maximum atomic E-state index is 14.4. The number of halogens is 4. The number of amides is 1. The first-order valence-corrected chi connectivity index (χ1v) is 9.22. The molecule has 4 rings (SSSR count). The monoisotopic (exact) mass is 418 g/mol. The van der Waals surface area contributed by atoms with Crippen molar-refractivity contribution >= 4 is 40.5 Å². The van der Waals surface area contributed by atoms with Crippen molar-refractivity contribution in [1.29, 1.82) is 0 Å². The van der Waals surface area contributed by atoms with Crippen molar-refractivity contribution in [2.75, 3.05) is 10.6 Å². The number of hydrogen-bond acceptors (Lipinski definition) is 2. The molecule has 0 aromatic heterocycles. The van der Waals surface area contributed by atoms with Gasteiger partial charge in [0.25, 0.3) is 5.91 Å². The summed E-state index contributed by atoms with van der Waals surface area (Å²) in [6.45, 7) is 0. The van der Waals surface area contributed by atoms with Gasteiger partial charge in [0.1, 0.15) is 17.2 Å². The lowest BCUT2D eigenvalue weighted by Gasteiger charge is -2.30. The van der Waals surface area contributed by atoms with Crippen LogP contribution in [0.25, 0.3) is 0 Å². The van der Waals surface area contributed by atoms with Crippen LogP contribution in [0.2, 0.25) is 10.0 Å². The van der Waals surface area contributed by atoms with Gasteiger partial charge >= 0.3 is 0 Å². The second kappa shape index (κ2) is 7.08. The Balaban J connectivity index is 1.85. The molecular weight excluding hydrogens is 405 g/mol. The standard InChI is InChI=1S/C21H14Cl2F2N2O/c22-13-3-1-2-12(8-13)11-21(27-18-7-5-15(24)10-17(18)25)16-6-4-14(23)9-19(16)26-20(21)28/h1-10,27H,11H2,(H,26,28). The molecule has 1 aliphatic heterocycles. The summed E-state index contributed by atoms with van der Waals surface area (Å²) in [6.07, 6.45) is 0.199. The Bertz CT molecular complexity index is 1090. The van der Waals surface area contributed by atoms with E-state index in [0.29, 0.717) is 21.3 Å². The van der Waals surface area contributed by atoms with Gasteiger partial charge in [0.05, 0.1) is 5.69 Å². The first kappa shape index (κ1) is 18.7. The molecule has 0 aliphatic carbocycles. The van der Waals surface area contributed by atoms with Crippen molar-refractivity contribution in [3.05, 3.63) is 93.5 Å². The summed E-state index contributed by atoms with van der Waals surface area (Å²) in [7, 11) is 0. The third-order valence-electron chi connectivity index (χ3n) is 4.71. The average Bonchev–Trinajstić information content (AvgIpc) is 2.88. The van der Waals surface area contributed by atoms with Crippen molar-refractivity contribution in [1.82, 2.24) is 0 Å². The van der Waals surface area contributed by atoms with Crippen LogP contribution in [0.5, 0.6) is 0 Å². The van der Waals surface area contributed by atoms with Crippen LogP contribution < -0.4 is 10.6 Å². The lowest BCUT2D eigenvalue weighted by atomic mass is 9.84. The van der Waals surface area contributed by atoms with Gasteiger partial charge in [0.2, 0.25) is 0 Å². The van der Waals surface area contributed by atoms with E-state index in [9.17, 15) is 13.6 Å². The fraction of sp³-hybridized carbons (Fsp3) is 0.0952. The summed E-state index contributed by atoms with van der Waals surface area (Å²) < 4.78 is 27.7. The van der Waals surface area contributed by atoms with Gasteiger partial charge in [-0.2, -0.15) is 0 Å². The highest BCUT2D eigenvalue weighted by Gasteiger charge is 2.47. The summed E-state index contributed by atoms with van der Waals surface area (Å²) >= 11 is 12.2. The van der Waals surface area contributed by atoms with Gasteiger partial charge in [0.15, 0.2) is 0 Å². The molecule has 0 bridgehead atoms. The number of nitrogens with one attached hydrogen (secondary N) is 2. The highest BCUT2D eigenvalue weighted by molar-refractivity contribution is 6.31. The van der Waals surface area contributed by atoms with Gasteiger partial charge in [-0.15, -0.1) is 0 Å². The molecule has 3 aromatic rings. The van der Waals surface area contributed by atoms with E-state index in [1.54, 1.807) is 36.4 Å². The Kier molecular flexibility index (Phi) is 4.73. The minimum Gasteiger partial charge on any atom is -0.365 e. The summed E-state index contributed by atoms with van der Waals surface area (Å²) in [5.74, 6) is -1.86. The van der Waals surface area contributed by atoms with Crippen LogP contribution in [-0.4, -0.2) is 5.91 Å². The zero-order chi connectivity index (χ0) is 19.9. The smallest absolute Gasteiger partial charge is 0.255 e. The van der Waals surface area contributed by atoms with Crippen LogP contribution in [-0.2, 0) is 16.8 Å². The van der Waals surface area contributed by atoms with Crippen molar-refractivity contribution in [3.63, 3.8) is 0 Å². The molecule has 7 heteroatoms. The Labute approximate surface area is 170 Å². The van der Waals surface area contributed by atoms with Crippen LogP contribution in [0.3, 0.4) is 0 Å². The van der Waals surface area contributed by atoms with Crippen LogP contribution >= 0.6 is 23.2 Å². The third-order valence-corrected chi connectivity index (χ3v) is 5.18. The average molecular weight is 419 g/mol. The number of anilines is 2. The van der Waals surface area contributed by atoms with Crippen molar-refractivity contribution < 1.29 is 13.6 Å². The van der Waals surface area contributed by atoms with E-state index in [4.69, 9.17) is 23.2 Å². The van der Waals surface area contributed by atoms with Crippen LogP contribution in [0, 0.1) is 11.6 Å². The quantitative estimate of drug-likeness (QED) is 0.564. The molecule has 3 aromatic carbocycles. The molecule has 0 radical (unpaired) electrons. The molecule has 1 unspecified atom stereocenters. The lowest BCUT2D eigenvalue weighted by molar-refractivity contribution is -0.119. The topological polar surface area (TPSA) is 41.1 Å². The molecule has 0 fully saturated rings. The zero-order valence-electron chi connectivity index (χ0n) is 14.4. The van der Waals surface area contributed by atoms with Gasteiger partial charge in [-0.3, -0.25) is 4.79 Å². The summed E-state index contributed by atoms with van der Waals surface area (Å²) in [4.78, 5) is 13.1. The number of carbonyl (C=O) groups excluding carboxylic acids is 1. The minimum atomic E-state index is -1.32. The van der Waals surface area contributed by atoms with E-state index in [2.05, 4.69) is 10.6 Å². The molecule has 0 spiro atoms. The molecule has 1 amide bonds. The van der Waals surface area contributed by atoms with E-state index < -0.39 is 17.2 Å². The van der Waals surface area contributed by atoms with Crippen molar-refractivity contribution in [2.24, 2.45) is 0 Å². The maximum Gasteiger partial charge on any atom is 0.255 e. The Morgan fingerprint density at radius 1 is 0.964 bits per heavy atom. The Morgan fingerprint density at radius 2 is 1.75 bits per heavy atom. The number of benzene rings is 3. The van der Waals surface area contributed by atoms with Gasteiger partial charge in [-0.05, 0) is 42.0 Å². The van der Waals surface area contributed by atoms with E-state index >= 15 is 0 Å². The molecule has 142 valence electrons. The van der Waals surface area contributed by atoms with E-state index in [1.807, 2.05) is 6.07 Å². The number of carbonyl (C=O) groups is 1. The summed E-state index contributed by atoms with van der Waals surface area (Å²) in [5, 5.41) is 6.79. The SMILES string of the molecule is O=C1Nc2cc(Cl)ccc2C1(Cc1cccc(Cl)c1)Nc1ccc(F)cc1F. The van der Waals surface area contributed by atoms with E-state index in [0.717, 1.165) is 17.7 Å². The highest BCUT2D eigenvalue weighted by Crippen LogP contribution is 2.42. The van der Waals surface area contributed by atoms with Gasteiger partial charge in [-0.25, -0.2) is 8.78 Å². The lowest BCUT2D eigenvalue weighted by Crippen LogP contribution is -2.44. The molecule has 3 nitrogen and oxygen atoms in total. The molecule has 0 saturated carbocycles. The molecule has 0 saturated heterocycles. The van der Waals surface area contributed by atoms with Crippen LogP contribution in [0.1, 0.15) is 11.1 Å². The summed E-state index contributed by atoms with van der Waals surface area (Å²) in [6, 6.07) is 15.3. The molecule has 1 heterocycles. The van der Waals surface area contributed by atoms with Gasteiger partial charge < -0.3 is 10.6 Å². The first-order chi connectivity index (χ1) is 13.4. The largest absolute Gasteiger partial charge is 0.365 e. The normalized spacial score (nSPS) is 17.9. The number of fused-ring (bicyclic) bond motifs is 1. The predicted octanol–water partition coefficient (Wildman–Crippen LogP) is 5.77. The second-order valence-electron chi connectivity index (χ2n) is 6.61. The summed E-state index contributed by atoms with van der Waals surface area (Å²) in [5.41, 5.74) is 0.630. The fourth-order valence-corrected chi connectivity index (χ4v) is 3.85. The molecule has 1 atom stereocenters. The van der Waals surface area contributed by atoms with Crippen LogP contribution in [0.4, 0.5) is 20.2 Å². The second-order valence-corrected chi connectivity index (χ2v) is 7.48. The maximum absolute atomic E-state index is 14.4. The highest BCUT2D eigenvalue weighted by atomic mass is 35.5. The third kappa shape index (κ3) is 3.32. The molecular formula is C21H14Cl2F2N2O. The minimum absolute atomic E-state index is 0.0152.